The Morgan fingerprint density at radius 3 is 2.85 bits per heavy atom. The predicted octanol–water partition coefficient (Wildman–Crippen LogP) is 4.27. The van der Waals surface area contributed by atoms with E-state index >= 15 is 0 Å². The van der Waals surface area contributed by atoms with E-state index in [1.807, 2.05) is 24.3 Å². The lowest BCUT2D eigenvalue weighted by atomic mass is 9.95. The molecule has 0 bridgehead atoms. The zero-order valence-corrected chi connectivity index (χ0v) is 18.1. The number of carbonyl (C=O) groups is 1. The van der Waals surface area contributed by atoms with Crippen LogP contribution in [0, 0.1) is 0 Å². The summed E-state index contributed by atoms with van der Waals surface area (Å²) >= 11 is 0. The maximum atomic E-state index is 13.7. The molecule has 0 radical (unpaired) electrons. The van der Waals surface area contributed by atoms with E-state index in [-0.39, 0.29) is 17.7 Å². The summed E-state index contributed by atoms with van der Waals surface area (Å²) < 4.78 is 12.2. The van der Waals surface area contributed by atoms with Gasteiger partial charge in [0, 0.05) is 42.0 Å². The molecule has 9 heteroatoms. The first-order chi connectivity index (χ1) is 16.8. The van der Waals surface area contributed by atoms with Gasteiger partial charge in [-0.05, 0) is 37.0 Å². The molecule has 0 unspecified atom stereocenters. The first-order valence-corrected chi connectivity index (χ1v) is 11.4. The average Bonchev–Trinajstić information content (AvgIpc) is 3.27. The van der Waals surface area contributed by atoms with Crippen LogP contribution in [0.4, 0.5) is 0 Å². The lowest BCUT2D eigenvalue weighted by molar-refractivity contribution is 0.0631. The third kappa shape index (κ3) is 2.97. The highest BCUT2D eigenvalue weighted by molar-refractivity contribution is 5.91. The second-order valence-corrected chi connectivity index (χ2v) is 8.72. The van der Waals surface area contributed by atoms with E-state index in [0.717, 1.165) is 41.0 Å². The third-order valence-electron chi connectivity index (χ3n) is 6.60. The van der Waals surface area contributed by atoms with Crippen molar-refractivity contribution in [1.82, 2.24) is 30.0 Å². The number of rotatable bonds is 4. The van der Waals surface area contributed by atoms with E-state index in [1.165, 1.54) is 5.56 Å². The highest BCUT2D eigenvalue weighted by Gasteiger charge is 2.42. The van der Waals surface area contributed by atoms with Crippen molar-refractivity contribution in [1.29, 1.82) is 0 Å². The molecule has 4 aromatic heterocycles. The molecule has 0 spiro atoms. The topological polar surface area (TPSA) is 114 Å². The molecule has 0 saturated heterocycles. The van der Waals surface area contributed by atoms with Crippen LogP contribution < -0.4 is 0 Å². The van der Waals surface area contributed by atoms with Crippen molar-refractivity contribution in [2.75, 3.05) is 6.54 Å². The number of amides is 1. The predicted molar refractivity (Wildman–Crippen MR) is 121 cm³/mol. The molecule has 1 saturated carbocycles. The molecule has 168 valence electrons. The SMILES string of the molecule is O=C(c1nnc(-c2cccnc2)o1)N1CCc2[nH]cnc2[C@H]1c1oc2ccccc2c1C1CC1. The molecule has 7 rings (SSSR count). The minimum atomic E-state index is -0.473. The molecule has 1 aliphatic carbocycles. The number of pyridine rings is 1. The number of benzene rings is 1. The number of hydrogen-bond donors (Lipinski definition) is 1. The maximum absolute atomic E-state index is 13.7. The van der Waals surface area contributed by atoms with E-state index in [2.05, 4.69) is 31.2 Å². The van der Waals surface area contributed by atoms with Gasteiger partial charge in [-0.15, -0.1) is 10.2 Å². The summed E-state index contributed by atoms with van der Waals surface area (Å²) in [5, 5.41) is 9.24. The average molecular weight is 452 g/mol. The molecule has 1 aliphatic heterocycles. The number of nitrogens with zero attached hydrogens (tertiary/aromatic N) is 5. The Bertz CT molecular complexity index is 1510. The Balaban J connectivity index is 1.34. The van der Waals surface area contributed by atoms with Crippen molar-refractivity contribution >= 4 is 16.9 Å². The van der Waals surface area contributed by atoms with Gasteiger partial charge >= 0.3 is 11.8 Å². The van der Waals surface area contributed by atoms with Crippen LogP contribution in [0.1, 0.15) is 58.2 Å². The van der Waals surface area contributed by atoms with Gasteiger partial charge in [0.05, 0.1) is 17.6 Å². The number of carbonyl (C=O) groups excluding carboxylic acids is 1. The number of imidazole rings is 1. The quantitative estimate of drug-likeness (QED) is 0.433. The van der Waals surface area contributed by atoms with Crippen molar-refractivity contribution in [3.8, 4) is 11.5 Å². The molecular weight excluding hydrogens is 432 g/mol. The molecule has 1 amide bonds. The second-order valence-electron chi connectivity index (χ2n) is 8.72. The van der Waals surface area contributed by atoms with Crippen LogP contribution in [0.25, 0.3) is 22.4 Å². The molecule has 5 heterocycles. The maximum Gasteiger partial charge on any atom is 0.312 e. The van der Waals surface area contributed by atoms with Gasteiger partial charge in [0.1, 0.15) is 17.4 Å². The third-order valence-corrected chi connectivity index (χ3v) is 6.60. The van der Waals surface area contributed by atoms with E-state index in [1.54, 1.807) is 29.7 Å². The molecule has 1 N–H and O–H groups in total. The summed E-state index contributed by atoms with van der Waals surface area (Å²) in [6, 6.07) is 11.2. The molecule has 5 aromatic rings. The number of fused-ring (bicyclic) bond motifs is 2. The van der Waals surface area contributed by atoms with Gasteiger partial charge in [0.2, 0.25) is 5.89 Å². The summed E-state index contributed by atoms with van der Waals surface area (Å²) in [4.78, 5) is 27.4. The zero-order chi connectivity index (χ0) is 22.6. The Hall–Kier alpha value is -4.27. The van der Waals surface area contributed by atoms with Crippen LogP contribution in [0.15, 0.2) is 64.0 Å². The van der Waals surface area contributed by atoms with Crippen LogP contribution in [0.5, 0.6) is 0 Å². The Morgan fingerprint density at radius 2 is 2.00 bits per heavy atom. The Kier molecular flexibility index (Phi) is 4.17. The fourth-order valence-electron chi connectivity index (χ4n) is 4.88. The van der Waals surface area contributed by atoms with Gasteiger partial charge < -0.3 is 18.7 Å². The summed E-state index contributed by atoms with van der Waals surface area (Å²) in [5.41, 5.74) is 4.47. The monoisotopic (exact) mass is 452 g/mol. The van der Waals surface area contributed by atoms with Crippen molar-refractivity contribution in [2.24, 2.45) is 0 Å². The van der Waals surface area contributed by atoms with Crippen molar-refractivity contribution in [2.45, 2.75) is 31.2 Å². The zero-order valence-electron chi connectivity index (χ0n) is 18.1. The summed E-state index contributed by atoms with van der Waals surface area (Å²) in [7, 11) is 0. The number of nitrogens with one attached hydrogen (secondary N) is 1. The van der Waals surface area contributed by atoms with Crippen LogP contribution in [0.2, 0.25) is 0 Å². The minimum absolute atomic E-state index is 0.0630. The number of para-hydroxylation sites is 1. The van der Waals surface area contributed by atoms with E-state index in [9.17, 15) is 4.79 Å². The molecule has 1 aromatic carbocycles. The summed E-state index contributed by atoms with van der Waals surface area (Å²) in [5.74, 6) is 1.06. The van der Waals surface area contributed by atoms with Gasteiger partial charge in [-0.3, -0.25) is 9.78 Å². The van der Waals surface area contributed by atoms with Crippen LogP contribution in [0.3, 0.4) is 0 Å². The summed E-state index contributed by atoms with van der Waals surface area (Å²) in [6.45, 7) is 0.477. The smallest absolute Gasteiger partial charge is 0.312 e. The van der Waals surface area contributed by atoms with Gasteiger partial charge in [0.25, 0.3) is 0 Å². The second kappa shape index (κ2) is 7.38. The number of aromatic nitrogens is 5. The first-order valence-electron chi connectivity index (χ1n) is 11.4. The first kappa shape index (κ1) is 19.2. The molecule has 9 nitrogen and oxygen atoms in total. The molecule has 1 atom stereocenters. The normalized spacial score (nSPS) is 17.8. The van der Waals surface area contributed by atoms with E-state index in [4.69, 9.17) is 8.83 Å². The van der Waals surface area contributed by atoms with Crippen molar-refractivity contribution in [3.63, 3.8) is 0 Å². The van der Waals surface area contributed by atoms with Crippen molar-refractivity contribution < 1.29 is 13.6 Å². The Labute approximate surface area is 193 Å². The fraction of sp³-hybridized carbons (Fsp3) is 0.240. The number of H-pyrrole nitrogens is 1. The van der Waals surface area contributed by atoms with Crippen LogP contribution in [-0.2, 0) is 6.42 Å². The van der Waals surface area contributed by atoms with Gasteiger partial charge in [-0.25, -0.2) is 4.98 Å². The number of hydrogen-bond acceptors (Lipinski definition) is 7. The fourth-order valence-corrected chi connectivity index (χ4v) is 4.88. The standard InChI is InChI=1S/C25H20N6O3/c32-25(24-30-29-23(34-24)15-4-3-10-26-12-15)31-11-9-17-20(28-13-27-17)21(31)22-19(14-7-8-14)16-5-1-2-6-18(16)33-22/h1-6,10,12-14,21H,7-9,11H2,(H,27,28)/t21-/m0/s1. The summed E-state index contributed by atoms with van der Waals surface area (Å²) in [6.07, 6.45) is 7.85. The van der Waals surface area contributed by atoms with E-state index < -0.39 is 6.04 Å². The number of aromatic amines is 1. The molecule has 1 fully saturated rings. The van der Waals surface area contributed by atoms with Crippen LogP contribution >= 0.6 is 0 Å². The van der Waals surface area contributed by atoms with Crippen molar-refractivity contribution in [3.05, 3.63) is 83.7 Å². The van der Waals surface area contributed by atoms with Gasteiger partial charge in [0.15, 0.2) is 0 Å². The van der Waals surface area contributed by atoms with Gasteiger partial charge in [-0.1, -0.05) is 18.2 Å². The van der Waals surface area contributed by atoms with Crippen LogP contribution in [-0.4, -0.2) is 42.5 Å². The highest BCUT2D eigenvalue weighted by Crippen LogP contribution is 2.50. The largest absolute Gasteiger partial charge is 0.458 e. The van der Waals surface area contributed by atoms with E-state index in [0.29, 0.717) is 24.4 Å². The minimum Gasteiger partial charge on any atom is -0.458 e. The van der Waals surface area contributed by atoms with Gasteiger partial charge in [-0.2, -0.15) is 0 Å². The molecule has 2 aliphatic rings. The molecular formula is C25H20N6O3. The Morgan fingerprint density at radius 1 is 1.09 bits per heavy atom. The molecule has 34 heavy (non-hydrogen) atoms. The lowest BCUT2D eigenvalue weighted by Gasteiger charge is -2.33. The lowest BCUT2D eigenvalue weighted by Crippen LogP contribution is -2.41. The number of furan rings is 1. The highest BCUT2D eigenvalue weighted by atomic mass is 16.4.